The van der Waals surface area contributed by atoms with Crippen LogP contribution in [0.3, 0.4) is 0 Å². The van der Waals surface area contributed by atoms with E-state index in [4.69, 9.17) is 14.2 Å². The number of esters is 1. The Morgan fingerprint density at radius 1 is 1.19 bits per heavy atom. The maximum atomic E-state index is 12.9. The molecule has 2 atom stereocenters. The maximum Gasteiger partial charge on any atom is 0.324 e. The van der Waals surface area contributed by atoms with Crippen molar-refractivity contribution in [3.8, 4) is 0 Å². The minimum absolute atomic E-state index is 0.115. The van der Waals surface area contributed by atoms with Crippen LogP contribution in [0.5, 0.6) is 0 Å². The molecule has 1 fully saturated rings. The summed E-state index contributed by atoms with van der Waals surface area (Å²) in [5.41, 5.74) is -0.567. The van der Waals surface area contributed by atoms with Gasteiger partial charge in [0, 0.05) is 19.6 Å². The van der Waals surface area contributed by atoms with Crippen LogP contribution in [-0.2, 0) is 29.2 Å². The van der Waals surface area contributed by atoms with E-state index in [-0.39, 0.29) is 25.1 Å². The summed E-state index contributed by atoms with van der Waals surface area (Å²) in [5, 5.41) is 0. The number of carbonyl (C=O) groups is 2. The molecule has 5 heteroatoms. The van der Waals surface area contributed by atoms with Crippen LogP contribution in [0.2, 0.25) is 0 Å². The summed E-state index contributed by atoms with van der Waals surface area (Å²) in [6.45, 7) is 4.97. The van der Waals surface area contributed by atoms with Crippen LogP contribution in [0.15, 0.2) is 30.3 Å². The predicted octanol–water partition coefficient (Wildman–Crippen LogP) is 3.79. The second-order valence-corrected chi connectivity index (χ2v) is 6.54. The molecule has 1 aromatic carbocycles. The van der Waals surface area contributed by atoms with Gasteiger partial charge in [0.15, 0.2) is 17.5 Å². The van der Waals surface area contributed by atoms with E-state index < -0.39 is 11.4 Å². The summed E-state index contributed by atoms with van der Waals surface area (Å²) >= 11 is 0. The van der Waals surface area contributed by atoms with Crippen molar-refractivity contribution in [2.24, 2.45) is 0 Å². The summed E-state index contributed by atoms with van der Waals surface area (Å²) in [6, 6.07) is 9.22. The van der Waals surface area contributed by atoms with Crippen LogP contribution < -0.4 is 0 Å². The van der Waals surface area contributed by atoms with Gasteiger partial charge in [-0.25, -0.2) is 0 Å². The highest BCUT2D eigenvalue weighted by Gasteiger charge is 2.47. The van der Waals surface area contributed by atoms with Gasteiger partial charge in [-0.15, -0.1) is 0 Å². The molecule has 0 saturated carbocycles. The molecule has 5 nitrogen and oxygen atoms in total. The van der Waals surface area contributed by atoms with E-state index in [0.29, 0.717) is 25.0 Å². The number of Topliss-reactive ketones (excluding diaryl/α,β-unsaturated/α-hetero) is 1. The lowest BCUT2D eigenvalue weighted by Crippen LogP contribution is -2.45. The van der Waals surface area contributed by atoms with Gasteiger partial charge in [-0.05, 0) is 44.6 Å². The van der Waals surface area contributed by atoms with Crippen LogP contribution in [0.1, 0.15) is 57.9 Å². The third-order valence-corrected chi connectivity index (χ3v) is 4.83. The SMILES string of the molecule is CCOC(=O)[C@@](CCCO[C@@H]1CCCCO1)(C(=O)CC)c1ccccc1. The molecule has 1 saturated heterocycles. The van der Waals surface area contributed by atoms with Crippen molar-refractivity contribution in [3.63, 3.8) is 0 Å². The molecule has 0 spiro atoms. The average Bonchev–Trinajstić information content (AvgIpc) is 2.69. The van der Waals surface area contributed by atoms with Crippen LogP contribution in [0.4, 0.5) is 0 Å². The molecule has 0 aromatic heterocycles. The molecule has 144 valence electrons. The molecule has 0 radical (unpaired) electrons. The average molecular weight is 362 g/mol. The molecule has 1 aliphatic rings. The van der Waals surface area contributed by atoms with Crippen molar-refractivity contribution in [2.45, 2.75) is 64.1 Å². The van der Waals surface area contributed by atoms with E-state index in [0.717, 1.165) is 25.9 Å². The van der Waals surface area contributed by atoms with E-state index in [1.807, 2.05) is 30.3 Å². The molecule has 0 N–H and O–H groups in total. The van der Waals surface area contributed by atoms with Crippen molar-refractivity contribution in [3.05, 3.63) is 35.9 Å². The van der Waals surface area contributed by atoms with Gasteiger partial charge in [-0.2, -0.15) is 0 Å². The molecule has 1 aliphatic heterocycles. The molecule has 26 heavy (non-hydrogen) atoms. The first-order chi connectivity index (χ1) is 12.6. The molecule has 1 heterocycles. The first kappa shape index (κ1) is 20.6. The van der Waals surface area contributed by atoms with E-state index in [1.165, 1.54) is 0 Å². The lowest BCUT2D eigenvalue weighted by atomic mass is 9.72. The second-order valence-electron chi connectivity index (χ2n) is 6.54. The van der Waals surface area contributed by atoms with Gasteiger partial charge >= 0.3 is 5.97 Å². The van der Waals surface area contributed by atoms with Crippen LogP contribution in [0, 0.1) is 0 Å². The zero-order chi connectivity index (χ0) is 18.8. The second kappa shape index (κ2) is 10.4. The van der Waals surface area contributed by atoms with Gasteiger partial charge < -0.3 is 14.2 Å². The van der Waals surface area contributed by atoms with Crippen LogP contribution in [-0.4, -0.2) is 37.9 Å². The number of carbonyl (C=O) groups excluding carboxylic acids is 2. The third-order valence-electron chi connectivity index (χ3n) is 4.83. The number of hydrogen-bond acceptors (Lipinski definition) is 5. The zero-order valence-electron chi connectivity index (χ0n) is 15.9. The van der Waals surface area contributed by atoms with E-state index in [1.54, 1.807) is 13.8 Å². The monoisotopic (exact) mass is 362 g/mol. The minimum Gasteiger partial charge on any atom is -0.465 e. The number of rotatable bonds is 10. The fourth-order valence-corrected chi connectivity index (χ4v) is 3.45. The summed E-state index contributed by atoms with van der Waals surface area (Å²) in [6.07, 6.45) is 4.14. The largest absolute Gasteiger partial charge is 0.465 e. The topological polar surface area (TPSA) is 61.8 Å². The Labute approximate surface area is 156 Å². The van der Waals surface area contributed by atoms with Crippen molar-refractivity contribution in [1.29, 1.82) is 0 Å². The summed E-state index contributed by atoms with van der Waals surface area (Å²) in [5.74, 6) is -0.581. The Morgan fingerprint density at radius 2 is 1.96 bits per heavy atom. The van der Waals surface area contributed by atoms with Gasteiger partial charge in [0.2, 0.25) is 0 Å². The van der Waals surface area contributed by atoms with Crippen molar-refractivity contribution >= 4 is 11.8 Å². The Morgan fingerprint density at radius 3 is 2.58 bits per heavy atom. The lowest BCUT2D eigenvalue weighted by molar-refractivity contribution is -0.164. The normalized spacial score (nSPS) is 19.5. The Kier molecular flexibility index (Phi) is 8.26. The predicted molar refractivity (Wildman–Crippen MR) is 98.8 cm³/mol. The fraction of sp³-hybridized carbons (Fsp3) is 0.619. The summed E-state index contributed by atoms with van der Waals surface area (Å²) < 4.78 is 16.7. The van der Waals surface area contributed by atoms with Gasteiger partial charge in [0.1, 0.15) is 0 Å². The molecular formula is C21H30O5. The Hall–Kier alpha value is -1.72. The molecule has 1 aromatic rings. The minimum atomic E-state index is -1.26. The molecule has 0 bridgehead atoms. The van der Waals surface area contributed by atoms with E-state index in [9.17, 15) is 9.59 Å². The van der Waals surface area contributed by atoms with Gasteiger partial charge in [0.05, 0.1) is 6.61 Å². The van der Waals surface area contributed by atoms with E-state index in [2.05, 4.69) is 0 Å². The van der Waals surface area contributed by atoms with E-state index >= 15 is 0 Å². The van der Waals surface area contributed by atoms with Gasteiger partial charge in [-0.3, -0.25) is 9.59 Å². The summed E-state index contributed by atoms with van der Waals surface area (Å²) in [4.78, 5) is 25.7. The fourth-order valence-electron chi connectivity index (χ4n) is 3.45. The summed E-state index contributed by atoms with van der Waals surface area (Å²) in [7, 11) is 0. The van der Waals surface area contributed by atoms with Crippen molar-refractivity contribution in [1.82, 2.24) is 0 Å². The Balaban J connectivity index is 2.13. The van der Waals surface area contributed by atoms with Gasteiger partial charge in [0.25, 0.3) is 0 Å². The highest BCUT2D eigenvalue weighted by molar-refractivity contribution is 6.09. The first-order valence-electron chi connectivity index (χ1n) is 9.64. The number of ether oxygens (including phenoxy) is 3. The smallest absolute Gasteiger partial charge is 0.324 e. The number of hydrogen-bond donors (Lipinski definition) is 0. The highest BCUT2D eigenvalue weighted by atomic mass is 16.7. The van der Waals surface area contributed by atoms with Gasteiger partial charge in [-0.1, -0.05) is 37.3 Å². The standard InChI is InChI=1S/C21H30O5/c1-3-18(22)21(20(23)24-4-2,17-11-6-5-7-12-17)14-10-16-26-19-13-8-9-15-25-19/h5-7,11-12,19H,3-4,8-10,13-16H2,1-2H3/t19-,21-/m1/s1. The molecule has 0 unspecified atom stereocenters. The maximum absolute atomic E-state index is 12.9. The number of ketones is 1. The zero-order valence-corrected chi connectivity index (χ0v) is 15.9. The van der Waals surface area contributed by atoms with Crippen molar-refractivity contribution < 1.29 is 23.8 Å². The van der Waals surface area contributed by atoms with Crippen LogP contribution in [0.25, 0.3) is 0 Å². The molecule has 0 amide bonds. The third kappa shape index (κ3) is 4.92. The van der Waals surface area contributed by atoms with Crippen LogP contribution >= 0.6 is 0 Å². The quantitative estimate of drug-likeness (QED) is 0.360. The molecule has 0 aliphatic carbocycles. The molecule has 2 rings (SSSR count). The number of benzene rings is 1. The van der Waals surface area contributed by atoms with Crippen molar-refractivity contribution in [2.75, 3.05) is 19.8 Å². The highest BCUT2D eigenvalue weighted by Crippen LogP contribution is 2.34. The Bertz CT molecular complexity index is 565. The first-order valence-corrected chi connectivity index (χ1v) is 9.64. The molecular weight excluding hydrogens is 332 g/mol. The lowest BCUT2D eigenvalue weighted by Gasteiger charge is -2.31.